The minimum absolute atomic E-state index is 0.119. The number of nitrogens with one attached hydrogen (secondary N) is 1. The number of hydrogen-bond acceptors (Lipinski definition) is 5. The summed E-state index contributed by atoms with van der Waals surface area (Å²) in [4.78, 5) is 29.6. The molecule has 2 aromatic rings. The molecule has 0 radical (unpaired) electrons. The van der Waals surface area contributed by atoms with Crippen LogP contribution in [0.4, 0.5) is 18.0 Å². The first-order valence-electron chi connectivity index (χ1n) is 10.2. The Morgan fingerprint density at radius 3 is 2.42 bits per heavy atom. The molecule has 2 heterocycles. The summed E-state index contributed by atoms with van der Waals surface area (Å²) in [6.45, 7) is 5.78. The first-order valence-corrected chi connectivity index (χ1v) is 10.2. The quantitative estimate of drug-likeness (QED) is 0.636. The largest absolute Gasteiger partial charge is 0.444 e. The second-order valence-electron chi connectivity index (χ2n) is 8.36. The molecule has 0 bridgehead atoms. The van der Waals surface area contributed by atoms with Gasteiger partial charge in [0.2, 0.25) is 5.88 Å². The number of pyridine rings is 1. The SMILES string of the molecule is CC(C)(C)OC(=O)NCc1cc(Oc2cccc(C(=O)N3CC=CC3)c2)nc(C(F)(F)F)c1. The zero-order valence-electron chi connectivity index (χ0n) is 18.4. The fourth-order valence-corrected chi connectivity index (χ4v) is 2.99. The number of rotatable bonds is 5. The van der Waals surface area contributed by atoms with Crippen LogP contribution in [0.5, 0.6) is 11.6 Å². The highest BCUT2D eigenvalue weighted by atomic mass is 19.4. The number of nitrogens with zero attached hydrogens (tertiary/aromatic N) is 2. The number of alkyl halides is 3. The molecule has 3 rings (SSSR count). The molecule has 176 valence electrons. The lowest BCUT2D eigenvalue weighted by Gasteiger charge is -2.20. The Morgan fingerprint density at radius 1 is 1.09 bits per heavy atom. The molecule has 1 N–H and O–H groups in total. The fourth-order valence-electron chi connectivity index (χ4n) is 2.99. The number of amides is 2. The van der Waals surface area contributed by atoms with Crippen molar-refractivity contribution in [1.82, 2.24) is 15.2 Å². The van der Waals surface area contributed by atoms with E-state index >= 15 is 0 Å². The van der Waals surface area contributed by atoms with Crippen LogP contribution in [0, 0.1) is 0 Å². The summed E-state index contributed by atoms with van der Waals surface area (Å²) in [6.07, 6.45) is -1.74. The van der Waals surface area contributed by atoms with E-state index in [4.69, 9.17) is 9.47 Å². The normalized spacial score (nSPS) is 13.7. The lowest BCUT2D eigenvalue weighted by molar-refractivity contribution is -0.141. The molecule has 0 spiro atoms. The van der Waals surface area contributed by atoms with E-state index in [1.165, 1.54) is 18.2 Å². The molecular weight excluding hydrogens is 439 g/mol. The highest BCUT2D eigenvalue weighted by molar-refractivity contribution is 5.95. The number of alkyl carbamates (subject to hydrolysis) is 1. The van der Waals surface area contributed by atoms with E-state index in [0.717, 1.165) is 6.07 Å². The predicted octanol–water partition coefficient (Wildman–Crippen LogP) is 4.93. The molecule has 0 atom stereocenters. The minimum Gasteiger partial charge on any atom is -0.444 e. The van der Waals surface area contributed by atoms with E-state index in [1.807, 2.05) is 12.2 Å². The third-order valence-corrected chi connectivity index (χ3v) is 4.40. The van der Waals surface area contributed by atoms with E-state index in [1.54, 1.807) is 37.8 Å². The van der Waals surface area contributed by atoms with E-state index in [9.17, 15) is 22.8 Å². The van der Waals surface area contributed by atoms with Gasteiger partial charge >= 0.3 is 12.3 Å². The van der Waals surface area contributed by atoms with Gasteiger partial charge in [0.15, 0.2) is 0 Å². The summed E-state index contributed by atoms with van der Waals surface area (Å²) < 4.78 is 50.7. The van der Waals surface area contributed by atoms with Crippen molar-refractivity contribution in [3.8, 4) is 11.6 Å². The van der Waals surface area contributed by atoms with Crippen LogP contribution in [0.25, 0.3) is 0 Å². The average molecular weight is 463 g/mol. The maximum Gasteiger partial charge on any atom is 0.433 e. The lowest BCUT2D eigenvalue weighted by Crippen LogP contribution is -2.32. The Hall–Kier alpha value is -3.56. The van der Waals surface area contributed by atoms with Crippen molar-refractivity contribution in [2.45, 2.75) is 39.1 Å². The summed E-state index contributed by atoms with van der Waals surface area (Å²) in [5.74, 6) is -0.381. The van der Waals surface area contributed by atoms with Crippen LogP contribution in [0.3, 0.4) is 0 Å². The molecular formula is C23H24F3N3O4. The Bertz CT molecular complexity index is 1050. The summed E-state index contributed by atoms with van der Waals surface area (Å²) in [5.41, 5.74) is -1.46. The molecule has 1 aromatic carbocycles. The summed E-state index contributed by atoms with van der Waals surface area (Å²) in [7, 11) is 0. The molecule has 1 aliphatic heterocycles. The van der Waals surface area contributed by atoms with Crippen LogP contribution < -0.4 is 10.1 Å². The topological polar surface area (TPSA) is 80.8 Å². The first-order chi connectivity index (χ1) is 15.4. The number of hydrogen-bond donors (Lipinski definition) is 1. The zero-order chi connectivity index (χ0) is 24.2. The number of ether oxygens (including phenoxy) is 2. The van der Waals surface area contributed by atoms with Gasteiger partial charge in [-0.3, -0.25) is 4.79 Å². The number of carbonyl (C=O) groups excluding carboxylic acids is 2. The molecule has 7 nitrogen and oxygen atoms in total. The van der Waals surface area contributed by atoms with Crippen LogP contribution >= 0.6 is 0 Å². The van der Waals surface area contributed by atoms with Gasteiger partial charge in [0.05, 0.1) is 0 Å². The van der Waals surface area contributed by atoms with E-state index in [2.05, 4.69) is 10.3 Å². The highest BCUT2D eigenvalue weighted by Gasteiger charge is 2.33. The Kier molecular flexibility index (Phi) is 6.95. The smallest absolute Gasteiger partial charge is 0.433 e. The van der Waals surface area contributed by atoms with Crippen LogP contribution in [0.15, 0.2) is 48.6 Å². The summed E-state index contributed by atoms with van der Waals surface area (Å²) in [5, 5.41) is 2.41. The molecule has 0 unspecified atom stereocenters. The second-order valence-corrected chi connectivity index (χ2v) is 8.36. The minimum atomic E-state index is -4.72. The Balaban J connectivity index is 1.79. The second kappa shape index (κ2) is 9.51. The monoisotopic (exact) mass is 463 g/mol. The Labute approximate surface area is 189 Å². The fraction of sp³-hybridized carbons (Fsp3) is 0.348. The van der Waals surface area contributed by atoms with Gasteiger partial charge in [0.1, 0.15) is 17.0 Å². The van der Waals surface area contributed by atoms with Crippen LogP contribution in [0.1, 0.15) is 42.4 Å². The summed E-state index contributed by atoms with van der Waals surface area (Å²) in [6, 6.07) is 8.24. The molecule has 0 aliphatic carbocycles. The van der Waals surface area contributed by atoms with Crippen molar-refractivity contribution in [3.05, 3.63) is 65.4 Å². The maximum atomic E-state index is 13.4. The van der Waals surface area contributed by atoms with Crippen molar-refractivity contribution in [1.29, 1.82) is 0 Å². The van der Waals surface area contributed by atoms with Crippen LogP contribution in [0.2, 0.25) is 0 Å². The van der Waals surface area contributed by atoms with Gasteiger partial charge in [-0.25, -0.2) is 9.78 Å². The molecule has 33 heavy (non-hydrogen) atoms. The van der Waals surface area contributed by atoms with E-state index < -0.39 is 23.6 Å². The van der Waals surface area contributed by atoms with Gasteiger partial charge in [-0.1, -0.05) is 18.2 Å². The van der Waals surface area contributed by atoms with Gasteiger partial charge in [0, 0.05) is 31.3 Å². The molecule has 1 aromatic heterocycles. The van der Waals surface area contributed by atoms with E-state index in [0.29, 0.717) is 18.7 Å². The predicted molar refractivity (Wildman–Crippen MR) is 114 cm³/mol. The van der Waals surface area contributed by atoms with Gasteiger partial charge in [-0.05, 0) is 50.6 Å². The Morgan fingerprint density at radius 2 is 1.79 bits per heavy atom. The van der Waals surface area contributed by atoms with Gasteiger partial charge < -0.3 is 19.7 Å². The number of aromatic nitrogens is 1. The van der Waals surface area contributed by atoms with Crippen LogP contribution in [-0.2, 0) is 17.5 Å². The molecule has 0 saturated carbocycles. The standard InChI is InChI=1S/C23H24F3N3O4/c1-22(2,3)33-21(31)27-14-15-11-18(23(24,25)26)28-19(12-15)32-17-8-6-7-16(13-17)20(30)29-9-4-5-10-29/h4-8,11-13H,9-10,14H2,1-3H3,(H,27,31). The highest BCUT2D eigenvalue weighted by Crippen LogP contribution is 2.31. The molecule has 0 fully saturated rings. The van der Waals surface area contributed by atoms with E-state index in [-0.39, 0.29) is 29.6 Å². The first kappa shape index (κ1) is 24.1. The number of carbonyl (C=O) groups is 2. The zero-order valence-corrected chi connectivity index (χ0v) is 18.4. The van der Waals surface area contributed by atoms with Gasteiger partial charge in [-0.2, -0.15) is 13.2 Å². The summed E-state index contributed by atoms with van der Waals surface area (Å²) >= 11 is 0. The lowest BCUT2D eigenvalue weighted by atomic mass is 10.2. The van der Waals surface area contributed by atoms with Crippen LogP contribution in [-0.4, -0.2) is 40.6 Å². The third-order valence-electron chi connectivity index (χ3n) is 4.40. The van der Waals surface area contributed by atoms with Crippen molar-refractivity contribution in [3.63, 3.8) is 0 Å². The third kappa shape index (κ3) is 6.96. The number of halogens is 3. The van der Waals surface area contributed by atoms with Gasteiger partial charge in [-0.15, -0.1) is 0 Å². The number of benzene rings is 1. The molecule has 2 amide bonds. The molecule has 10 heteroatoms. The maximum absolute atomic E-state index is 13.4. The van der Waals surface area contributed by atoms with Gasteiger partial charge in [0.25, 0.3) is 5.91 Å². The van der Waals surface area contributed by atoms with Crippen molar-refractivity contribution in [2.75, 3.05) is 13.1 Å². The van der Waals surface area contributed by atoms with Crippen molar-refractivity contribution < 1.29 is 32.2 Å². The molecule has 0 saturated heterocycles. The molecule has 1 aliphatic rings. The average Bonchev–Trinajstić information content (AvgIpc) is 3.25. The van der Waals surface area contributed by atoms with Crippen molar-refractivity contribution in [2.24, 2.45) is 0 Å². The van der Waals surface area contributed by atoms with Crippen molar-refractivity contribution >= 4 is 12.0 Å².